The molecule has 0 aliphatic carbocycles. The summed E-state index contributed by atoms with van der Waals surface area (Å²) in [5.41, 5.74) is 1.65. The zero-order valence-electron chi connectivity index (χ0n) is 10.9. The fourth-order valence-corrected chi connectivity index (χ4v) is 2.23. The highest BCUT2D eigenvalue weighted by molar-refractivity contribution is 5.96. The standard InChI is InChI=1S/C14H18N2O3/c1-9-8-10(14(18)19)5-6-11(9)16-13(17)12-4-2-3-7-15-12/h5-6,8,12,15H,2-4,7H2,1H3,(H,16,17)(H,18,19). The van der Waals surface area contributed by atoms with Crippen LogP contribution in [0.15, 0.2) is 18.2 Å². The molecule has 19 heavy (non-hydrogen) atoms. The van der Waals surface area contributed by atoms with Gasteiger partial charge in [-0.05, 0) is 50.1 Å². The van der Waals surface area contributed by atoms with Gasteiger partial charge in [0.2, 0.25) is 5.91 Å². The molecule has 2 rings (SSSR count). The third-order valence-corrected chi connectivity index (χ3v) is 3.36. The van der Waals surface area contributed by atoms with Crippen LogP contribution in [0.25, 0.3) is 0 Å². The first-order valence-electron chi connectivity index (χ1n) is 6.46. The molecule has 1 atom stereocenters. The van der Waals surface area contributed by atoms with Gasteiger partial charge in [-0.2, -0.15) is 0 Å². The van der Waals surface area contributed by atoms with Crippen molar-refractivity contribution in [2.24, 2.45) is 0 Å². The van der Waals surface area contributed by atoms with Crippen LogP contribution < -0.4 is 10.6 Å². The third-order valence-electron chi connectivity index (χ3n) is 3.36. The number of nitrogens with one attached hydrogen (secondary N) is 2. The van der Waals surface area contributed by atoms with Crippen molar-refractivity contribution in [3.8, 4) is 0 Å². The van der Waals surface area contributed by atoms with Gasteiger partial charge in [0.1, 0.15) is 0 Å². The maximum absolute atomic E-state index is 12.0. The number of carbonyl (C=O) groups excluding carboxylic acids is 1. The fraction of sp³-hybridized carbons (Fsp3) is 0.429. The Morgan fingerprint density at radius 3 is 2.74 bits per heavy atom. The Bertz CT molecular complexity index is 493. The first kappa shape index (κ1) is 13.5. The summed E-state index contributed by atoms with van der Waals surface area (Å²) < 4.78 is 0. The van der Waals surface area contributed by atoms with Crippen molar-refractivity contribution in [2.75, 3.05) is 11.9 Å². The second kappa shape index (κ2) is 5.84. The minimum absolute atomic E-state index is 0.0501. The number of benzene rings is 1. The summed E-state index contributed by atoms with van der Waals surface area (Å²) in [6, 6.07) is 4.55. The van der Waals surface area contributed by atoms with E-state index in [0.717, 1.165) is 31.4 Å². The lowest BCUT2D eigenvalue weighted by Crippen LogP contribution is -2.43. The van der Waals surface area contributed by atoms with E-state index in [4.69, 9.17) is 5.11 Å². The van der Waals surface area contributed by atoms with Gasteiger partial charge in [-0.25, -0.2) is 4.79 Å². The van der Waals surface area contributed by atoms with E-state index in [-0.39, 0.29) is 17.5 Å². The summed E-state index contributed by atoms with van der Waals surface area (Å²) in [6.45, 7) is 2.66. The van der Waals surface area contributed by atoms with Crippen LogP contribution in [0.2, 0.25) is 0 Å². The molecule has 1 unspecified atom stereocenters. The van der Waals surface area contributed by atoms with Gasteiger partial charge in [-0.3, -0.25) is 4.79 Å². The topological polar surface area (TPSA) is 78.4 Å². The Morgan fingerprint density at radius 1 is 1.37 bits per heavy atom. The summed E-state index contributed by atoms with van der Waals surface area (Å²) in [5.74, 6) is -1.01. The van der Waals surface area contributed by atoms with Crippen LogP contribution >= 0.6 is 0 Å². The van der Waals surface area contributed by atoms with Crippen LogP contribution in [0.5, 0.6) is 0 Å². The second-order valence-electron chi connectivity index (χ2n) is 4.83. The van der Waals surface area contributed by atoms with Gasteiger partial charge in [0.05, 0.1) is 11.6 Å². The number of carboxylic acids is 1. The van der Waals surface area contributed by atoms with Crippen LogP contribution in [0.3, 0.4) is 0 Å². The SMILES string of the molecule is Cc1cc(C(=O)O)ccc1NC(=O)C1CCCCN1. The number of aromatic carboxylic acids is 1. The molecule has 1 fully saturated rings. The van der Waals surface area contributed by atoms with E-state index in [2.05, 4.69) is 10.6 Å². The number of amides is 1. The van der Waals surface area contributed by atoms with Crippen molar-refractivity contribution < 1.29 is 14.7 Å². The molecule has 1 aromatic carbocycles. The predicted molar refractivity (Wildman–Crippen MR) is 72.4 cm³/mol. The zero-order valence-corrected chi connectivity index (χ0v) is 10.9. The molecule has 0 radical (unpaired) electrons. The number of hydrogen-bond donors (Lipinski definition) is 3. The zero-order chi connectivity index (χ0) is 13.8. The number of rotatable bonds is 3. The molecule has 1 heterocycles. The van der Waals surface area contributed by atoms with Crippen molar-refractivity contribution in [3.05, 3.63) is 29.3 Å². The molecule has 0 bridgehead atoms. The highest BCUT2D eigenvalue weighted by Crippen LogP contribution is 2.18. The summed E-state index contributed by atoms with van der Waals surface area (Å²) in [4.78, 5) is 22.9. The summed E-state index contributed by atoms with van der Waals surface area (Å²) in [6.07, 6.45) is 3.01. The van der Waals surface area contributed by atoms with Gasteiger partial charge >= 0.3 is 5.97 Å². The first-order chi connectivity index (χ1) is 9.08. The number of hydrogen-bond acceptors (Lipinski definition) is 3. The summed E-state index contributed by atoms with van der Waals surface area (Å²) >= 11 is 0. The van der Waals surface area contributed by atoms with Crippen LogP contribution in [0.1, 0.15) is 35.2 Å². The minimum atomic E-state index is -0.963. The third kappa shape index (κ3) is 3.32. The lowest BCUT2D eigenvalue weighted by atomic mass is 10.0. The predicted octanol–water partition coefficient (Wildman–Crippen LogP) is 1.77. The molecule has 1 saturated heterocycles. The molecule has 102 valence electrons. The average molecular weight is 262 g/mol. The molecule has 1 aromatic rings. The van der Waals surface area contributed by atoms with Gasteiger partial charge in [0, 0.05) is 5.69 Å². The number of anilines is 1. The summed E-state index contributed by atoms with van der Waals surface area (Å²) in [7, 11) is 0. The van der Waals surface area contributed by atoms with Gasteiger partial charge in [0.25, 0.3) is 0 Å². The van der Waals surface area contributed by atoms with E-state index in [1.54, 1.807) is 19.1 Å². The van der Waals surface area contributed by atoms with Crippen molar-refractivity contribution in [3.63, 3.8) is 0 Å². The Hall–Kier alpha value is -1.88. The molecule has 1 amide bonds. The van der Waals surface area contributed by atoms with Crippen LogP contribution in [-0.2, 0) is 4.79 Å². The van der Waals surface area contributed by atoms with E-state index in [1.165, 1.54) is 6.07 Å². The summed E-state index contributed by atoms with van der Waals surface area (Å²) in [5, 5.41) is 14.9. The quantitative estimate of drug-likeness (QED) is 0.775. The lowest BCUT2D eigenvalue weighted by Gasteiger charge is -2.23. The molecule has 1 aliphatic rings. The van der Waals surface area contributed by atoms with E-state index in [9.17, 15) is 9.59 Å². The number of aryl methyl sites for hydroxylation is 1. The fourth-order valence-electron chi connectivity index (χ4n) is 2.23. The molecule has 5 nitrogen and oxygen atoms in total. The molecule has 3 N–H and O–H groups in total. The Balaban J connectivity index is 2.06. The molecular weight excluding hydrogens is 244 g/mol. The van der Waals surface area contributed by atoms with E-state index in [1.807, 2.05) is 0 Å². The monoisotopic (exact) mass is 262 g/mol. The first-order valence-corrected chi connectivity index (χ1v) is 6.46. The minimum Gasteiger partial charge on any atom is -0.478 e. The molecule has 5 heteroatoms. The van der Waals surface area contributed by atoms with Crippen LogP contribution in [0.4, 0.5) is 5.69 Å². The van der Waals surface area contributed by atoms with Gasteiger partial charge in [0.15, 0.2) is 0 Å². The van der Waals surface area contributed by atoms with Crippen LogP contribution in [0, 0.1) is 6.92 Å². The smallest absolute Gasteiger partial charge is 0.335 e. The van der Waals surface area contributed by atoms with E-state index >= 15 is 0 Å². The highest BCUT2D eigenvalue weighted by atomic mass is 16.4. The lowest BCUT2D eigenvalue weighted by molar-refractivity contribution is -0.118. The Labute approximate surface area is 112 Å². The molecule has 1 aliphatic heterocycles. The van der Waals surface area contributed by atoms with Gasteiger partial charge in [-0.15, -0.1) is 0 Å². The number of carboxylic acid groups (broad SMARTS) is 1. The van der Waals surface area contributed by atoms with Crippen molar-refractivity contribution in [2.45, 2.75) is 32.2 Å². The van der Waals surface area contributed by atoms with Crippen LogP contribution in [-0.4, -0.2) is 29.6 Å². The van der Waals surface area contributed by atoms with Crippen molar-refractivity contribution in [1.29, 1.82) is 0 Å². The molecule has 0 saturated carbocycles. The molecule has 0 aromatic heterocycles. The number of carbonyl (C=O) groups is 2. The van der Waals surface area contributed by atoms with Gasteiger partial charge in [-0.1, -0.05) is 6.42 Å². The van der Waals surface area contributed by atoms with E-state index in [0.29, 0.717) is 5.69 Å². The maximum atomic E-state index is 12.0. The number of piperidine rings is 1. The molecular formula is C14H18N2O3. The van der Waals surface area contributed by atoms with Crippen molar-refractivity contribution >= 4 is 17.6 Å². The average Bonchev–Trinajstić information content (AvgIpc) is 2.41. The Kier molecular flexibility index (Phi) is 4.16. The second-order valence-corrected chi connectivity index (χ2v) is 4.83. The molecule has 0 spiro atoms. The normalized spacial score (nSPS) is 18.9. The van der Waals surface area contributed by atoms with E-state index < -0.39 is 5.97 Å². The highest BCUT2D eigenvalue weighted by Gasteiger charge is 2.20. The van der Waals surface area contributed by atoms with Crippen molar-refractivity contribution in [1.82, 2.24) is 5.32 Å². The maximum Gasteiger partial charge on any atom is 0.335 e. The van der Waals surface area contributed by atoms with Gasteiger partial charge < -0.3 is 15.7 Å². The largest absolute Gasteiger partial charge is 0.478 e. The Morgan fingerprint density at radius 2 is 2.16 bits per heavy atom.